The Labute approximate surface area is 125 Å². The van der Waals surface area contributed by atoms with Crippen molar-refractivity contribution in [1.82, 2.24) is 20.2 Å². The molecular formula is C16H23N5. The Morgan fingerprint density at radius 3 is 2.67 bits per heavy atom. The molecule has 0 bridgehead atoms. The second kappa shape index (κ2) is 5.84. The molecule has 1 aliphatic rings. The van der Waals surface area contributed by atoms with Gasteiger partial charge in [0, 0.05) is 30.2 Å². The maximum absolute atomic E-state index is 4.60. The predicted molar refractivity (Wildman–Crippen MR) is 83.5 cm³/mol. The van der Waals surface area contributed by atoms with Gasteiger partial charge in [-0.05, 0) is 57.6 Å². The minimum atomic E-state index is 0.641. The molecule has 3 heterocycles. The van der Waals surface area contributed by atoms with Gasteiger partial charge in [-0.1, -0.05) is 0 Å². The zero-order valence-electron chi connectivity index (χ0n) is 13.1. The van der Waals surface area contributed by atoms with Gasteiger partial charge in [0.1, 0.15) is 0 Å². The van der Waals surface area contributed by atoms with Gasteiger partial charge in [-0.3, -0.25) is 5.10 Å². The van der Waals surface area contributed by atoms with Gasteiger partial charge in [0.2, 0.25) is 5.95 Å². The molecular weight excluding hydrogens is 262 g/mol. The molecule has 1 N–H and O–H groups in total. The highest BCUT2D eigenvalue weighted by Crippen LogP contribution is 2.24. The zero-order chi connectivity index (χ0) is 14.8. The molecule has 0 unspecified atom stereocenters. The third-order valence-corrected chi connectivity index (χ3v) is 4.20. The van der Waals surface area contributed by atoms with Gasteiger partial charge in [-0.2, -0.15) is 5.10 Å². The number of nitrogens with zero attached hydrogens (tertiary/aromatic N) is 4. The molecule has 2 aromatic rings. The fourth-order valence-corrected chi connectivity index (χ4v) is 3.13. The number of aromatic nitrogens is 4. The van der Waals surface area contributed by atoms with Crippen molar-refractivity contribution in [3.05, 3.63) is 34.9 Å². The van der Waals surface area contributed by atoms with Crippen LogP contribution in [0.3, 0.4) is 0 Å². The third-order valence-electron chi connectivity index (χ3n) is 4.20. The van der Waals surface area contributed by atoms with Gasteiger partial charge >= 0.3 is 0 Å². The number of piperidine rings is 1. The van der Waals surface area contributed by atoms with Gasteiger partial charge in [-0.15, -0.1) is 0 Å². The van der Waals surface area contributed by atoms with Crippen molar-refractivity contribution in [2.24, 2.45) is 5.92 Å². The summed E-state index contributed by atoms with van der Waals surface area (Å²) in [6, 6.07) is 2.03. The van der Waals surface area contributed by atoms with Crippen LogP contribution in [-0.4, -0.2) is 33.3 Å². The zero-order valence-corrected chi connectivity index (χ0v) is 13.1. The predicted octanol–water partition coefficient (Wildman–Crippen LogP) is 2.58. The number of aryl methyl sites for hydroxylation is 3. The lowest BCUT2D eigenvalue weighted by molar-refractivity contribution is 0.405. The standard InChI is InChI=1S/C16H23N5/c1-11-9-17-20-15(11)8-14-5-4-6-21(10-14)16-18-12(2)7-13(3)19-16/h7,9,14H,4-6,8,10H2,1-3H3,(H,17,20)/t14-/m1/s1. The molecule has 0 radical (unpaired) electrons. The van der Waals surface area contributed by atoms with E-state index in [1.54, 1.807) is 0 Å². The molecule has 21 heavy (non-hydrogen) atoms. The molecule has 0 aliphatic carbocycles. The summed E-state index contributed by atoms with van der Waals surface area (Å²) in [7, 11) is 0. The first-order valence-corrected chi connectivity index (χ1v) is 7.68. The highest BCUT2D eigenvalue weighted by atomic mass is 15.3. The summed E-state index contributed by atoms with van der Waals surface area (Å²) in [6.45, 7) is 8.27. The average Bonchev–Trinajstić information content (AvgIpc) is 2.84. The molecule has 0 spiro atoms. The Hall–Kier alpha value is -1.91. The second-order valence-corrected chi connectivity index (χ2v) is 6.14. The van der Waals surface area contributed by atoms with Gasteiger partial charge in [0.05, 0.1) is 6.20 Å². The summed E-state index contributed by atoms with van der Waals surface area (Å²) >= 11 is 0. The number of anilines is 1. The fourth-order valence-electron chi connectivity index (χ4n) is 3.13. The Balaban J connectivity index is 1.72. The van der Waals surface area contributed by atoms with Crippen LogP contribution in [0.2, 0.25) is 0 Å². The summed E-state index contributed by atoms with van der Waals surface area (Å²) in [6.07, 6.45) is 5.43. The van der Waals surface area contributed by atoms with E-state index in [9.17, 15) is 0 Å². The maximum atomic E-state index is 4.60. The first kappa shape index (κ1) is 14.0. The number of H-pyrrole nitrogens is 1. The van der Waals surface area contributed by atoms with Crippen LogP contribution < -0.4 is 4.90 Å². The van der Waals surface area contributed by atoms with Crippen LogP contribution >= 0.6 is 0 Å². The lowest BCUT2D eigenvalue weighted by Gasteiger charge is -2.33. The number of hydrogen-bond acceptors (Lipinski definition) is 4. The molecule has 0 saturated carbocycles. The molecule has 3 rings (SSSR count). The summed E-state index contributed by atoms with van der Waals surface area (Å²) in [4.78, 5) is 11.5. The molecule has 1 atom stereocenters. The number of hydrogen-bond donors (Lipinski definition) is 1. The van der Waals surface area contributed by atoms with Crippen molar-refractivity contribution in [3.63, 3.8) is 0 Å². The normalized spacial score (nSPS) is 19.0. The smallest absolute Gasteiger partial charge is 0.225 e. The Morgan fingerprint density at radius 1 is 1.24 bits per heavy atom. The van der Waals surface area contributed by atoms with E-state index in [0.717, 1.165) is 36.8 Å². The second-order valence-electron chi connectivity index (χ2n) is 6.14. The minimum Gasteiger partial charge on any atom is -0.341 e. The molecule has 0 amide bonds. The van der Waals surface area contributed by atoms with E-state index in [1.807, 2.05) is 26.1 Å². The topological polar surface area (TPSA) is 57.7 Å². The minimum absolute atomic E-state index is 0.641. The summed E-state index contributed by atoms with van der Waals surface area (Å²) in [5.74, 6) is 1.53. The average molecular weight is 285 g/mol. The van der Waals surface area contributed by atoms with Crippen molar-refractivity contribution >= 4 is 5.95 Å². The first-order valence-electron chi connectivity index (χ1n) is 7.68. The Kier molecular flexibility index (Phi) is 3.90. The van der Waals surface area contributed by atoms with Gasteiger partial charge in [0.25, 0.3) is 0 Å². The third kappa shape index (κ3) is 3.23. The maximum Gasteiger partial charge on any atom is 0.225 e. The highest BCUT2D eigenvalue weighted by molar-refractivity contribution is 5.33. The number of aromatic amines is 1. The highest BCUT2D eigenvalue weighted by Gasteiger charge is 2.23. The van der Waals surface area contributed by atoms with Crippen molar-refractivity contribution < 1.29 is 0 Å². The van der Waals surface area contributed by atoms with E-state index in [1.165, 1.54) is 24.1 Å². The molecule has 0 aromatic carbocycles. The van der Waals surface area contributed by atoms with Crippen LogP contribution in [0.1, 0.15) is 35.5 Å². The van der Waals surface area contributed by atoms with E-state index >= 15 is 0 Å². The van der Waals surface area contributed by atoms with Crippen LogP contribution in [0, 0.1) is 26.7 Å². The van der Waals surface area contributed by atoms with Crippen molar-refractivity contribution in [3.8, 4) is 0 Å². The van der Waals surface area contributed by atoms with Crippen molar-refractivity contribution in [2.45, 2.75) is 40.0 Å². The van der Waals surface area contributed by atoms with Crippen LogP contribution in [-0.2, 0) is 6.42 Å². The van der Waals surface area contributed by atoms with E-state index in [2.05, 4.69) is 32.0 Å². The van der Waals surface area contributed by atoms with E-state index in [4.69, 9.17) is 0 Å². The number of rotatable bonds is 3. The summed E-state index contributed by atoms with van der Waals surface area (Å²) in [5, 5.41) is 7.25. The first-order chi connectivity index (χ1) is 10.1. The molecule has 5 nitrogen and oxygen atoms in total. The van der Waals surface area contributed by atoms with Crippen LogP contribution in [0.5, 0.6) is 0 Å². The molecule has 1 aliphatic heterocycles. The van der Waals surface area contributed by atoms with Crippen LogP contribution in [0.25, 0.3) is 0 Å². The quantitative estimate of drug-likeness (QED) is 0.941. The lowest BCUT2D eigenvalue weighted by atomic mass is 9.92. The number of nitrogens with one attached hydrogen (secondary N) is 1. The van der Waals surface area contributed by atoms with Gasteiger partial charge in [0.15, 0.2) is 0 Å². The molecule has 112 valence electrons. The molecule has 5 heteroatoms. The van der Waals surface area contributed by atoms with E-state index in [0.29, 0.717) is 5.92 Å². The Morgan fingerprint density at radius 2 is 2.00 bits per heavy atom. The van der Waals surface area contributed by atoms with Gasteiger partial charge < -0.3 is 4.90 Å². The van der Waals surface area contributed by atoms with E-state index in [-0.39, 0.29) is 0 Å². The van der Waals surface area contributed by atoms with Gasteiger partial charge in [-0.25, -0.2) is 9.97 Å². The fraction of sp³-hybridized carbons (Fsp3) is 0.562. The SMILES string of the molecule is Cc1cc(C)nc(N2CCC[C@H](Cc3[nH]ncc3C)C2)n1. The monoisotopic (exact) mass is 285 g/mol. The summed E-state index contributed by atoms with van der Waals surface area (Å²) in [5.41, 5.74) is 4.62. The molecule has 2 aromatic heterocycles. The van der Waals surface area contributed by atoms with Crippen molar-refractivity contribution in [1.29, 1.82) is 0 Å². The largest absolute Gasteiger partial charge is 0.341 e. The van der Waals surface area contributed by atoms with Crippen LogP contribution in [0.15, 0.2) is 12.3 Å². The molecule has 1 fully saturated rings. The summed E-state index contributed by atoms with van der Waals surface area (Å²) < 4.78 is 0. The lowest BCUT2D eigenvalue weighted by Crippen LogP contribution is -2.37. The Bertz CT molecular complexity index is 599. The van der Waals surface area contributed by atoms with Crippen molar-refractivity contribution in [2.75, 3.05) is 18.0 Å². The molecule has 1 saturated heterocycles. The van der Waals surface area contributed by atoms with Crippen LogP contribution in [0.4, 0.5) is 5.95 Å². The van der Waals surface area contributed by atoms with E-state index < -0.39 is 0 Å².